The van der Waals surface area contributed by atoms with Crippen LogP contribution in [0, 0.1) is 11.7 Å². The molecule has 0 spiro atoms. The number of Topliss-reactive ketones (excluding diaryl/α,β-unsaturated/α-hetero) is 1. The van der Waals surface area contributed by atoms with Gasteiger partial charge in [-0.25, -0.2) is 9.18 Å². The van der Waals surface area contributed by atoms with Gasteiger partial charge in [-0.05, 0) is 61.2 Å². The van der Waals surface area contributed by atoms with Gasteiger partial charge in [0.05, 0.1) is 10.0 Å². The predicted molar refractivity (Wildman–Crippen MR) is 89.0 cm³/mol. The van der Waals surface area contributed by atoms with Gasteiger partial charge in [-0.1, -0.05) is 6.07 Å². The lowest BCUT2D eigenvalue weighted by Crippen LogP contribution is -2.51. The van der Waals surface area contributed by atoms with Gasteiger partial charge in [-0.15, -0.1) is 0 Å². The van der Waals surface area contributed by atoms with E-state index in [9.17, 15) is 14.0 Å². The summed E-state index contributed by atoms with van der Waals surface area (Å²) in [6, 6.07) is 4.71. The van der Waals surface area contributed by atoms with Crippen LogP contribution in [0.2, 0.25) is 0 Å². The maximum absolute atomic E-state index is 13.9. The van der Waals surface area contributed by atoms with Crippen molar-refractivity contribution in [2.75, 3.05) is 13.1 Å². The number of amides is 1. The number of rotatable bonds is 4. The number of hydrogen-bond donors (Lipinski definition) is 0. The van der Waals surface area contributed by atoms with Gasteiger partial charge in [0.1, 0.15) is 11.4 Å². The third-order valence-electron chi connectivity index (χ3n) is 3.64. The Kier molecular flexibility index (Phi) is 5.45. The van der Waals surface area contributed by atoms with E-state index in [-0.39, 0.29) is 29.8 Å². The Balaban J connectivity index is 1.78. The lowest BCUT2D eigenvalue weighted by Gasteiger charge is -2.39. The standard InChI is InChI=1S/C17H21BrFNO3/c1-17(2,3)23-16(22)20-9-11(10-20)7-8-14(21)12-5-4-6-13(18)15(12)19/h4-6,11H,7-10H2,1-3H3. The lowest BCUT2D eigenvalue weighted by molar-refractivity contribution is -0.00208. The summed E-state index contributed by atoms with van der Waals surface area (Å²) in [5.74, 6) is -0.456. The van der Waals surface area contributed by atoms with Crippen molar-refractivity contribution in [3.05, 3.63) is 34.1 Å². The molecule has 1 amide bonds. The second kappa shape index (κ2) is 6.99. The van der Waals surface area contributed by atoms with Crippen molar-refractivity contribution in [2.24, 2.45) is 5.92 Å². The van der Waals surface area contributed by atoms with Gasteiger partial charge < -0.3 is 9.64 Å². The fourth-order valence-electron chi connectivity index (χ4n) is 2.42. The molecule has 1 fully saturated rings. The van der Waals surface area contributed by atoms with Crippen LogP contribution in [0.25, 0.3) is 0 Å². The minimum absolute atomic E-state index is 0.114. The molecule has 1 saturated heterocycles. The van der Waals surface area contributed by atoms with Crippen molar-refractivity contribution in [2.45, 2.75) is 39.2 Å². The Morgan fingerprint density at radius 1 is 1.35 bits per heavy atom. The molecule has 1 aliphatic rings. The highest BCUT2D eigenvalue weighted by Gasteiger charge is 2.33. The minimum atomic E-state index is -0.513. The number of ketones is 1. The van der Waals surface area contributed by atoms with Crippen LogP contribution < -0.4 is 0 Å². The molecule has 0 N–H and O–H groups in total. The van der Waals surface area contributed by atoms with Gasteiger partial charge in [0.15, 0.2) is 5.78 Å². The molecule has 0 atom stereocenters. The topological polar surface area (TPSA) is 46.6 Å². The van der Waals surface area contributed by atoms with Crippen LogP contribution in [-0.4, -0.2) is 35.5 Å². The van der Waals surface area contributed by atoms with Crippen molar-refractivity contribution in [1.82, 2.24) is 4.90 Å². The summed E-state index contributed by atoms with van der Waals surface area (Å²) in [5.41, 5.74) is -0.390. The normalized spacial score (nSPS) is 15.3. The molecule has 0 bridgehead atoms. The number of nitrogens with zero attached hydrogens (tertiary/aromatic N) is 1. The smallest absolute Gasteiger partial charge is 0.410 e. The first kappa shape index (κ1) is 17.9. The fraction of sp³-hybridized carbons (Fsp3) is 0.529. The molecule has 0 saturated carbocycles. The highest BCUT2D eigenvalue weighted by Crippen LogP contribution is 2.25. The molecule has 0 unspecified atom stereocenters. The molecular weight excluding hydrogens is 365 g/mol. The van der Waals surface area contributed by atoms with Gasteiger partial charge in [0.25, 0.3) is 0 Å². The Labute approximate surface area is 144 Å². The molecule has 2 rings (SSSR count). The first-order valence-corrected chi connectivity index (χ1v) is 8.42. The van der Waals surface area contributed by atoms with E-state index in [0.29, 0.717) is 24.0 Å². The first-order chi connectivity index (χ1) is 10.7. The molecule has 0 aromatic heterocycles. The highest BCUT2D eigenvalue weighted by molar-refractivity contribution is 9.10. The number of likely N-dealkylation sites (tertiary alicyclic amines) is 1. The number of hydrogen-bond acceptors (Lipinski definition) is 3. The van der Waals surface area contributed by atoms with E-state index in [1.54, 1.807) is 17.0 Å². The van der Waals surface area contributed by atoms with Crippen LogP contribution in [-0.2, 0) is 4.74 Å². The molecule has 1 aromatic rings. The third-order valence-corrected chi connectivity index (χ3v) is 4.25. The third kappa shape index (κ3) is 4.77. The molecule has 1 heterocycles. The Bertz CT molecular complexity index is 606. The average Bonchev–Trinajstić information content (AvgIpc) is 2.37. The molecule has 6 heteroatoms. The van der Waals surface area contributed by atoms with E-state index >= 15 is 0 Å². The zero-order valence-corrected chi connectivity index (χ0v) is 15.2. The summed E-state index contributed by atoms with van der Waals surface area (Å²) < 4.78 is 19.4. The van der Waals surface area contributed by atoms with E-state index < -0.39 is 11.4 Å². The molecule has 126 valence electrons. The predicted octanol–water partition coefficient (Wildman–Crippen LogP) is 4.42. The van der Waals surface area contributed by atoms with Crippen molar-refractivity contribution in [3.63, 3.8) is 0 Å². The molecule has 0 radical (unpaired) electrons. The molecule has 1 aliphatic heterocycles. The van der Waals surface area contributed by atoms with Crippen LogP contribution in [0.5, 0.6) is 0 Å². The SMILES string of the molecule is CC(C)(C)OC(=O)N1CC(CCC(=O)c2cccc(Br)c2F)C1. The Morgan fingerprint density at radius 2 is 2.00 bits per heavy atom. The summed E-state index contributed by atoms with van der Waals surface area (Å²) in [4.78, 5) is 25.5. The van der Waals surface area contributed by atoms with Crippen molar-refractivity contribution >= 4 is 27.8 Å². The van der Waals surface area contributed by atoms with Crippen molar-refractivity contribution in [3.8, 4) is 0 Å². The van der Waals surface area contributed by atoms with Gasteiger partial charge in [-0.3, -0.25) is 4.79 Å². The molecule has 4 nitrogen and oxygen atoms in total. The second-order valence-corrected chi connectivity index (χ2v) is 7.67. The van der Waals surface area contributed by atoms with Crippen LogP contribution in [0.15, 0.2) is 22.7 Å². The molecule has 0 aliphatic carbocycles. The molecule has 1 aromatic carbocycles. The zero-order valence-electron chi connectivity index (χ0n) is 13.6. The summed E-state index contributed by atoms with van der Waals surface area (Å²) in [5, 5.41) is 0. The number of ether oxygens (including phenoxy) is 1. The van der Waals surface area contributed by atoms with E-state index in [1.807, 2.05) is 20.8 Å². The van der Waals surface area contributed by atoms with Crippen molar-refractivity contribution < 1.29 is 18.7 Å². The largest absolute Gasteiger partial charge is 0.444 e. The second-order valence-electron chi connectivity index (χ2n) is 6.81. The highest BCUT2D eigenvalue weighted by atomic mass is 79.9. The van der Waals surface area contributed by atoms with Crippen LogP contribution in [0.3, 0.4) is 0 Å². The van der Waals surface area contributed by atoms with Crippen LogP contribution in [0.4, 0.5) is 9.18 Å². The maximum Gasteiger partial charge on any atom is 0.410 e. The summed E-state index contributed by atoms with van der Waals surface area (Å²) in [6.07, 6.45) is 0.600. The Morgan fingerprint density at radius 3 is 2.61 bits per heavy atom. The zero-order chi connectivity index (χ0) is 17.2. The number of halogens is 2. The quantitative estimate of drug-likeness (QED) is 0.720. The minimum Gasteiger partial charge on any atom is -0.444 e. The van der Waals surface area contributed by atoms with Gasteiger partial charge in [0.2, 0.25) is 0 Å². The summed E-state index contributed by atoms with van der Waals surface area (Å²) in [6.45, 7) is 6.65. The van der Waals surface area contributed by atoms with E-state index in [2.05, 4.69) is 15.9 Å². The van der Waals surface area contributed by atoms with Gasteiger partial charge >= 0.3 is 6.09 Å². The maximum atomic E-state index is 13.9. The average molecular weight is 386 g/mol. The molecular formula is C17H21BrFNO3. The van der Waals surface area contributed by atoms with E-state index in [1.165, 1.54) is 6.07 Å². The monoisotopic (exact) mass is 385 g/mol. The van der Waals surface area contributed by atoms with Gasteiger partial charge in [-0.2, -0.15) is 0 Å². The molecule has 23 heavy (non-hydrogen) atoms. The van der Waals surface area contributed by atoms with Crippen LogP contribution >= 0.6 is 15.9 Å². The Hall–Kier alpha value is -1.43. The summed E-state index contributed by atoms with van der Waals surface area (Å²) in [7, 11) is 0. The van der Waals surface area contributed by atoms with Crippen LogP contribution in [0.1, 0.15) is 44.0 Å². The first-order valence-electron chi connectivity index (χ1n) is 7.62. The van der Waals surface area contributed by atoms with E-state index in [4.69, 9.17) is 4.74 Å². The van der Waals surface area contributed by atoms with E-state index in [0.717, 1.165) is 0 Å². The number of carbonyl (C=O) groups excluding carboxylic acids is 2. The lowest BCUT2D eigenvalue weighted by atomic mass is 9.92. The number of benzene rings is 1. The number of carbonyl (C=O) groups is 2. The van der Waals surface area contributed by atoms with Gasteiger partial charge in [0, 0.05) is 19.5 Å². The van der Waals surface area contributed by atoms with Crippen molar-refractivity contribution in [1.29, 1.82) is 0 Å². The summed E-state index contributed by atoms with van der Waals surface area (Å²) >= 11 is 3.08. The fourth-order valence-corrected chi connectivity index (χ4v) is 2.78.